The maximum Gasteiger partial charge on any atom is 0.321 e. The van der Waals surface area contributed by atoms with Crippen molar-refractivity contribution in [1.29, 1.82) is 0 Å². The molecule has 0 aliphatic rings. The van der Waals surface area contributed by atoms with Crippen LogP contribution in [0.15, 0.2) is 36.9 Å². The van der Waals surface area contributed by atoms with E-state index in [1.54, 1.807) is 24.3 Å². The fraction of sp³-hybridized carbons (Fsp3) is 0.154. The number of hydrogen-bond acceptors (Lipinski definition) is 4. The summed E-state index contributed by atoms with van der Waals surface area (Å²) in [5, 5.41) is 4.48. The van der Waals surface area contributed by atoms with Crippen molar-refractivity contribution in [2.45, 2.75) is 0 Å². The molecule has 3 amide bonds. The summed E-state index contributed by atoms with van der Waals surface area (Å²) < 4.78 is 5.14. The Morgan fingerprint density at radius 1 is 1.26 bits per heavy atom. The molecule has 19 heavy (non-hydrogen) atoms. The number of imide groups is 1. The van der Waals surface area contributed by atoms with Gasteiger partial charge in [0.05, 0.1) is 0 Å². The van der Waals surface area contributed by atoms with Crippen LogP contribution in [0.25, 0.3) is 0 Å². The zero-order valence-corrected chi connectivity index (χ0v) is 10.2. The highest BCUT2D eigenvalue weighted by molar-refractivity contribution is 5.95. The van der Waals surface area contributed by atoms with Gasteiger partial charge in [0, 0.05) is 12.1 Å². The molecule has 0 aliphatic carbocycles. The molecule has 0 saturated carbocycles. The van der Waals surface area contributed by atoms with Crippen molar-refractivity contribution < 1.29 is 19.1 Å². The van der Waals surface area contributed by atoms with E-state index in [9.17, 15) is 14.4 Å². The lowest BCUT2D eigenvalue weighted by atomic mass is 10.2. The quantitative estimate of drug-likeness (QED) is 0.589. The molecule has 0 saturated heterocycles. The predicted molar refractivity (Wildman–Crippen MR) is 69.1 cm³/mol. The lowest BCUT2D eigenvalue weighted by Crippen LogP contribution is -2.41. The standard InChI is InChI=1S/C13H14N2O4/c1-2-7-14-13(18)15-12(17)9-19-11-5-3-10(8-16)4-6-11/h2-6,8H,1,7,9H2,(H2,14,15,17,18). The number of urea groups is 1. The van der Waals surface area contributed by atoms with Crippen molar-refractivity contribution in [3.8, 4) is 5.75 Å². The average molecular weight is 262 g/mol. The fourth-order valence-electron chi connectivity index (χ4n) is 1.16. The summed E-state index contributed by atoms with van der Waals surface area (Å²) in [6.07, 6.45) is 2.20. The molecule has 1 rings (SSSR count). The second kappa shape index (κ2) is 7.65. The molecule has 1 aromatic carbocycles. The van der Waals surface area contributed by atoms with Gasteiger partial charge in [-0.3, -0.25) is 14.9 Å². The van der Waals surface area contributed by atoms with Crippen LogP contribution in [0.1, 0.15) is 10.4 Å². The van der Waals surface area contributed by atoms with Gasteiger partial charge in [0.15, 0.2) is 6.61 Å². The van der Waals surface area contributed by atoms with Crippen molar-refractivity contribution in [1.82, 2.24) is 10.6 Å². The number of carbonyl (C=O) groups excluding carboxylic acids is 3. The molecule has 6 heteroatoms. The Morgan fingerprint density at radius 2 is 1.95 bits per heavy atom. The number of amides is 3. The van der Waals surface area contributed by atoms with Gasteiger partial charge in [-0.1, -0.05) is 6.08 Å². The van der Waals surface area contributed by atoms with Gasteiger partial charge in [0.25, 0.3) is 5.91 Å². The van der Waals surface area contributed by atoms with Gasteiger partial charge < -0.3 is 10.1 Å². The highest BCUT2D eigenvalue weighted by atomic mass is 16.5. The summed E-state index contributed by atoms with van der Waals surface area (Å²) in [6, 6.07) is 5.65. The third-order valence-corrected chi connectivity index (χ3v) is 2.05. The normalized spacial score (nSPS) is 9.26. The number of rotatable bonds is 6. The molecule has 0 spiro atoms. The minimum atomic E-state index is -0.607. The summed E-state index contributed by atoms with van der Waals surface area (Å²) in [4.78, 5) is 32.9. The first-order valence-electron chi connectivity index (χ1n) is 5.52. The van der Waals surface area contributed by atoms with E-state index in [1.807, 2.05) is 0 Å². The fourth-order valence-corrected chi connectivity index (χ4v) is 1.16. The molecular formula is C13H14N2O4. The Hall–Kier alpha value is -2.63. The summed E-state index contributed by atoms with van der Waals surface area (Å²) >= 11 is 0. The minimum Gasteiger partial charge on any atom is -0.484 e. The number of nitrogens with one attached hydrogen (secondary N) is 2. The van der Waals surface area contributed by atoms with Crippen molar-refractivity contribution in [2.75, 3.05) is 13.2 Å². The number of aldehydes is 1. The first-order valence-corrected chi connectivity index (χ1v) is 5.52. The van der Waals surface area contributed by atoms with Gasteiger partial charge in [-0.25, -0.2) is 4.79 Å². The topological polar surface area (TPSA) is 84.5 Å². The second-order valence-corrected chi connectivity index (χ2v) is 3.52. The highest BCUT2D eigenvalue weighted by Crippen LogP contribution is 2.10. The van der Waals surface area contributed by atoms with E-state index in [2.05, 4.69) is 17.2 Å². The van der Waals surface area contributed by atoms with E-state index in [1.165, 1.54) is 6.08 Å². The van der Waals surface area contributed by atoms with Crippen LogP contribution in [-0.2, 0) is 4.79 Å². The third kappa shape index (κ3) is 5.49. The van der Waals surface area contributed by atoms with Gasteiger partial charge in [0.1, 0.15) is 12.0 Å². The van der Waals surface area contributed by atoms with E-state index < -0.39 is 11.9 Å². The zero-order valence-electron chi connectivity index (χ0n) is 10.2. The molecule has 0 fully saturated rings. The van der Waals surface area contributed by atoms with Gasteiger partial charge in [-0.05, 0) is 24.3 Å². The van der Waals surface area contributed by atoms with Crippen molar-refractivity contribution in [2.24, 2.45) is 0 Å². The molecule has 0 aromatic heterocycles. The Bertz CT molecular complexity index is 468. The predicted octanol–water partition coefficient (Wildman–Crippen LogP) is 0.890. The number of benzene rings is 1. The molecule has 0 atom stereocenters. The molecule has 1 aromatic rings. The van der Waals surface area contributed by atoms with Gasteiger partial charge >= 0.3 is 6.03 Å². The minimum absolute atomic E-state index is 0.271. The number of carbonyl (C=O) groups is 3. The van der Waals surface area contributed by atoms with Gasteiger partial charge in [-0.2, -0.15) is 0 Å². The number of ether oxygens (including phenoxy) is 1. The largest absolute Gasteiger partial charge is 0.484 e. The first-order chi connectivity index (χ1) is 9.15. The third-order valence-electron chi connectivity index (χ3n) is 2.05. The van der Waals surface area contributed by atoms with Crippen molar-refractivity contribution >= 4 is 18.2 Å². The SMILES string of the molecule is C=CCNC(=O)NC(=O)COc1ccc(C=O)cc1. The summed E-state index contributed by atoms with van der Waals surface area (Å²) in [5.74, 6) is -0.131. The highest BCUT2D eigenvalue weighted by Gasteiger charge is 2.07. The van der Waals surface area contributed by atoms with Crippen molar-refractivity contribution in [3.63, 3.8) is 0 Å². The van der Waals surface area contributed by atoms with E-state index in [4.69, 9.17) is 4.74 Å². The second-order valence-electron chi connectivity index (χ2n) is 3.52. The van der Waals surface area contributed by atoms with Crippen LogP contribution in [0.3, 0.4) is 0 Å². The maximum absolute atomic E-state index is 11.3. The molecule has 6 nitrogen and oxygen atoms in total. The average Bonchev–Trinajstić information content (AvgIpc) is 2.43. The summed E-state index contributed by atoms with van der Waals surface area (Å²) in [7, 11) is 0. The van der Waals surface area contributed by atoms with Crippen LogP contribution in [-0.4, -0.2) is 31.4 Å². The molecule has 0 bridgehead atoms. The Labute approximate surface area is 110 Å². The smallest absolute Gasteiger partial charge is 0.321 e. The Morgan fingerprint density at radius 3 is 2.53 bits per heavy atom. The Balaban J connectivity index is 2.34. The first kappa shape index (κ1) is 14.4. The van der Waals surface area contributed by atoms with Crippen LogP contribution in [0.4, 0.5) is 4.79 Å². The van der Waals surface area contributed by atoms with Crippen LogP contribution < -0.4 is 15.4 Å². The maximum atomic E-state index is 11.3. The van der Waals surface area contributed by atoms with Crippen molar-refractivity contribution in [3.05, 3.63) is 42.5 Å². The van der Waals surface area contributed by atoms with E-state index in [0.29, 0.717) is 17.6 Å². The van der Waals surface area contributed by atoms with E-state index in [-0.39, 0.29) is 13.2 Å². The zero-order chi connectivity index (χ0) is 14.1. The molecule has 0 radical (unpaired) electrons. The van der Waals surface area contributed by atoms with Crippen LogP contribution in [0, 0.1) is 0 Å². The molecule has 2 N–H and O–H groups in total. The molecule has 0 aliphatic heterocycles. The van der Waals surface area contributed by atoms with Gasteiger partial charge in [-0.15, -0.1) is 6.58 Å². The number of hydrogen-bond donors (Lipinski definition) is 2. The molecule has 100 valence electrons. The van der Waals surface area contributed by atoms with Crippen LogP contribution in [0.5, 0.6) is 5.75 Å². The van der Waals surface area contributed by atoms with Crippen LogP contribution >= 0.6 is 0 Å². The Kier molecular flexibility index (Phi) is 5.81. The monoisotopic (exact) mass is 262 g/mol. The molecular weight excluding hydrogens is 248 g/mol. The molecule has 0 heterocycles. The lowest BCUT2D eigenvalue weighted by Gasteiger charge is -2.07. The van der Waals surface area contributed by atoms with Crippen LogP contribution in [0.2, 0.25) is 0 Å². The van der Waals surface area contributed by atoms with E-state index >= 15 is 0 Å². The van der Waals surface area contributed by atoms with E-state index in [0.717, 1.165) is 0 Å². The molecule has 0 unspecified atom stereocenters. The summed E-state index contributed by atoms with van der Waals surface area (Å²) in [5.41, 5.74) is 0.514. The lowest BCUT2D eigenvalue weighted by molar-refractivity contribution is -0.122. The summed E-state index contributed by atoms with van der Waals surface area (Å²) in [6.45, 7) is 3.41. The van der Waals surface area contributed by atoms with Gasteiger partial charge in [0.2, 0.25) is 0 Å².